The number of ether oxygens (including phenoxy) is 1. The van der Waals surface area contributed by atoms with Crippen LogP contribution in [0.15, 0.2) is 0 Å². The summed E-state index contributed by atoms with van der Waals surface area (Å²) in [5.74, 6) is 0. The molecule has 110 valence electrons. The van der Waals surface area contributed by atoms with Crippen LogP contribution in [0.3, 0.4) is 0 Å². The molecule has 19 heavy (non-hydrogen) atoms. The molecule has 0 spiro atoms. The Balaban J connectivity index is 0. The Labute approximate surface area is 141 Å². The summed E-state index contributed by atoms with van der Waals surface area (Å²) < 4.78 is 4.64. The van der Waals surface area contributed by atoms with E-state index in [0.29, 0.717) is 0 Å². The van der Waals surface area contributed by atoms with Crippen molar-refractivity contribution in [2.75, 3.05) is 20.7 Å². The Kier molecular flexibility index (Phi) is 18.5. The van der Waals surface area contributed by atoms with Crippen LogP contribution in [0.1, 0.15) is 71.1 Å². The monoisotopic (exact) mass is 281 g/mol. The number of carbonyl (C=O) groups is 1. The first-order chi connectivity index (χ1) is 8.72. The SMILES string of the molecule is CCCCCCCCCCCCN(C)C(=O)OC.[NaH]. The summed E-state index contributed by atoms with van der Waals surface area (Å²) in [6.07, 6.45) is 13.0. The van der Waals surface area contributed by atoms with E-state index in [4.69, 9.17) is 0 Å². The number of unbranched alkanes of at least 4 members (excludes halogenated alkanes) is 9. The molecule has 0 fully saturated rings. The van der Waals surface area contributed by atoms with Crippen molar-refractivity contribution in [1.29, 1.82) is 0 Å². The molecule has 0 aromatic rings. The van der Waals surface area contributed by atoms with E-state index >= 15 is 0 Å². The molecular formula is C15H32NNaO2. The molecule has 0 rings (SSSR count). The van der Waals surface area contributed by atoms with E-state index < -0.39 is 0 Å². The average Bonchev–Trinajstić information content (AvgIpc) is 2.39. The van der Waals surface area contributed by atoms with Crippen LogP contribution in [-0.2, 0) is 4.74 Å². The molecule has 0 aromatic heterocycles. The van der Waals surface area contributed by atoms with Gasteiger partial charge in [-0.15, -0.1) is 0 Å². The number of nitrogens with zero attached hydrogens (tertiary/aromatic N) is 1. The van der Waals surface area contributed by atoms with Crippen LogP contribution in [0.25, 0.3) is 0 Å². The molecule has 3 nitrogen and oxygen atoms in total. The van der Waals surface area contributed by atoms with Crippen LogP contribution in [0, 0.1) is 0 Å². The molecule has 0 aromatic carbocycles. The molecule has 0 heterocycles. The first-order valence-corrected chi connectivity index (χ1v) is 7.51. The van der Waals surface area contributed by atoms with Crippen LogP contribution in [-0.4, -0.2) is 61.3 Å². The number of methoxy groups -OCH3 is 1. The molecule has 0 N–H and O–H groups in total. The van der Waals surface area contributed by atoms with E-state index in [-0.39, 0.29) is 35.7 Å². The van der Waals surface area contributed by atoms with E-state index in [1.165, 1.54) is 64.9 Å². The third-order valence-corrected chi connectivity index (χ3v) is 3.33. The quantitative estimate of drug-likeness (QED) is 0.424. The van der Waals surface area contributed by atoms with Gasteiger partial charge in [0.25, 0.3) is 0 Å². The number of rotatable bonds is 11. The summed E-state index contributed by atoms with van der Waals surface area (Å²) in [6.45, 7) is 3.06. The maximum atomic E-state index is 11.1. The van der Waals surface area contributed by atoms with E-state index in [9.17, 15) is 4.79 Å². The Bertz CT molecular complexity index is 201. The predicted molar refractivity (Wildman–Crippen MR) is 84.0 cm³/mol. The molecule has 0 bridgehead atoms. The van der Waals surface area contributed by atoms with Gasteiger partial charge in [-0.1, -0.05) is 64.7 Å². The zero-order valence-electron chi connectivity index (χ0n) is 12.5. The van der Waals surface area contributed by atoms with Crippen LogP contribution < -0.4 is 0 Å². The first-order valence-electron chi connectivity index (χ1n) is 7.51. The number of carbonyl (C=O) groups excluding carboxylic acids is 1. The summed E-state index contributed by atoms with van der Waals surface area (Å²) in [5.41, 5.74) is 0. The fourth-order valence-corrected chi connectivity index (χ4v) is 2.08. The zero-order valence-corrected chi connectivity index (χ0v) is 12.5. The molecule has 0 radical (unpaired) electrons. The summed E-state index contributed by atoms with van der Waals surface area (Å²) in [7, 11) is 3.22. The Morgan fingerprint density at radius 2 is 1.32 bits per heavy atom. The second-order valence-corrected chi connectivity index (χ2v) is 5.07. The minimum atomic E-state index is -0.231. The third-order valence-electron chi connectivity index (χ3n) is 3.33. The fourth-order valence-electron chi connectivity index (χ4n) is 2.08. The van der Waals surface area contributed by atoms with E-state index in [1.54, 1.807) is 11.9 Å². The van der Waals surface area contributed by atoms with Crippen molar-refractivity contribution in [2.24, 2.45) is 0 Å². The van der Waals surface area contributed by atoms with Gasteiger partial charge >= 0.3 is 35.7 Å². The first kappa shape index (κ1) is 21.6. The molecule has 1 amide bonds. The second kappa shape index (κ2) is 16.3. The molecular weight excluding hydrogens is 249 g/mol. The predicted octanol–water partition coefficient (Wildman–Crippen LogP) is 3.96. The van der Waals surface area contributed by atoms with Gasteiger partial charge in [0.05, 0.1) is 7.11 Å². The van der Waals surface area contributed by atoms with Gasteiger partial charge < -0.3 is 9.64 Å². The van der Waals surface area contributed by atoms with Crippen LogP contribution in [0.2, 0.25) is 0 Å². The number of hydrogen-bond donors (Lipinski definition) is 0. The van der Waals surface area contributed by atoms with Crippen LogP contribution in [0.4, 0.5) is 4.79 Å². The Morgan fingerprint density at radius 1 is 0.895 bits per heavy atom. The van der Waals surface area contributed by atoms with Gasteiger partial charge in [0.1, 0.15) is 0 Å². The van der Waals surface area contributed by atoms with Crippen molar-refractivity contribution in [1.82, 2.24) is 4.90 Å². The molecule has 0 aliphatic heterocycles. The fraction of sp³-hybridized carbons (Fsp3) is 0.933. The average molecular weight is 281 g/mol. The van der Waals surface area contributed by atoms with E-state index in [2.05, 4.69) is 11.7 Å². The molecule has 4 heteroatoms. The van der Waals surface area contributed by atoms with Crippen LogP contribution in [0.5, 0.6) is 0 Å². The normalized spacial score (nSPS) is 9.84. The van der Waals surface area contributed by atoms with E-state index in [1.807, 2.05) is 0 Å². The topological polar surface area (TPSA) is 29.5 Å². The molecule has 0 aliphatic rings. The Morgan fingerprint density at radius 3 is 1.74 bits per heavy atom. The van der Waals surface area contributed by atoms with Crippen molar-refractivity contribution >= 4 is 35.7 Å². The van der Waals surface area contributed by atoms with Crippen molar-refractivity contribution in [2.45, 2.75) is 71.1 Å². The number of hydrogen-bond acceptors (Lipinski definition) is 2. The van der Waals surface area contributed by atoms with Crippen molar-refractivity contribution in [3.8, 4) is 0 Å². The molecule has 0 aliphatic carbocycles. The minimum absolute atomic E-state index is 0. The molecule has 0 unspecified atom stereocenters. The molecule has 0 saturated heterocycles. The Hall–Kier alpha value is 0.270. The van der Waals surface area contributed by atoms with Gasteiger partial charge in [-0.05, 0) is 6.42 Å². The summed E-state index contributed by atoms with van der Waals surface area (Å²) >= 11 is 0. The van der Waals surface area contributed by atoms with Gasteiger partial charge in [0.2, 0.25) is 0 Å². The maximum absolute atomic E-state index is 11.1. The van der Waals surface area contributed by atoms with Gasteiger partial charge in [-0.2, -0.15) is 0 Å². The summed E-state index contributed by atoms with van der Waals surface area (Å²) in [4.78, 5) is 12.8. The standard InChI is InChI=1S/C15H31NO2.Na.H/c1-4-5-6-7-8-9-10-11-12-13-14-16(2)15(17)18-3;;/h4-14H2,1-3H3;;. The van der Waals surface area contributed by atoms with Crippen molar-refractivity contribution in [3.05, 3.63) is 0 Å². The van der Waals surface area contributed by atoms with Gasteiger partial charge in [0.15, 0.2) is 0 Å². The van der Waals surface area contributed by atoms with Crippen molar-refractivity contribution < 1.29 is 9.53 Å². The second-order valence-electron chi connectivity index (χ2n) is 5.07. The van der Waals surface area contributed by atoms with Gasteiger partial charge in [-0.3, -0.25) is 0 Å². The van der Waals surface area contributed by atoms with Crippen LogP contribution >= 0.6 is 0 Å². The molecule has 0 saturated carbocycles. The van der Waals surface area contributed by atoms with Crippen molar-refractivity contribution in [3.63, 3.8) is 0 Å². The molecule has 0 atom stereocenters. The van der Waals surface area contributed by atoms with E-state index in [0.717, 1.165) is 13.0 Å². The van der Waals surface area contributed by atoms with Gasteiger partial charge in [0, 0.05) is 13.6 Å². The summed E-state index contributed by atoms with van der Waals surface area (Å²) in [5, 5.41) is 0. The summed E-state index contributed by atoms with van der Waals surface area (Å²) in [6, 6.07) is 0. The number of amides is 1. The van der Waals surface area contributed by atoms with Gasteiger partial charge in [-0.25, -0.2) is 4.79 Å². The third kappa shape index (κ3) is 14.5. The zero-order chi connectivity index (χ0) is 13.6.